The average molecular weight is 353 g/mol. The number of nitrogens with zero attached hydrogens (tertiary/aromatic N) is 4. The van der Waals surface area contributed by atoms with Crippen LogP contribution in [-0.2, 0) is 11.3 Å². The number of hydrogen-bond donors (Lipinski definition) is 1. The van der Waals surface area contributed by atoms with Crippen molar-refractivity contribution in [3.63, 3.8) is 0 Å². The average Bonchev–Trinajstić information content (AvgIpc) is 3.27. The van der Waals surface area contributed by atoms with Gasteiger partial charge in [-0.3, -0.25) is 4.79 Å². The molecule has 0 aliphatic rings. The lowest BCUT2D eigenvalue weighted by Crippen LogP contribution is -2.24. The zero-order valence-electron chi connectivity index (χ0n) is 13.5. The molecule has 1 aromatic carbocycles. The van der Waals surface area contributed by atoms with Crippen LogP contribution in [0.2, 0.25) is 0 Å². The van der Waals surface area contributed by atoms with Crippen LogP contribution in [-0.4, -0.2) is 31.2 Å². The smallest absolute Gasteiger partial charge is 0.230 e. The Bertz CT molecular complexity index is 1040. The maximum absolute atomic E-state index is 12.1. The van der Waals surface area contributed by atoms with Gasteiger partial charge in [0.25, 0.3) is 0 Å². The third-order valence-corrected chi connectivity index (χ3v) is 4.56. The molecule has 126 valence electrons. The van der Waals surface area contributed by atoms with Gasteiger partial charge in [0.15, 0.2) is 10.8 Å². The second-order valence-electron chi connectivity index (χ2n) is 5.45. The van der Waals surface area contributed by atoms with E-state index in [0.717, 1.165) is 22.3 Å². The predicted octanol–water partition coefficient (Wildman–Crippen LogP) is 2.59. The molecule has 4 rings (SSSR count). The molecule has 0 atom stereocenters. The van der Waals surface area contributed by atoms with Crippen molar-refractivity contribution in [3.05, 3.63) is 54.2 Å². The molecule has 0 radical (unpaired) electrons. The van der Waals surface area contributed by atoms with Crippen molar-refractivity contribution in [1.82, 2.24) is 24.9 Å². The molecule has 25 heavy (non-hydrogen) atoms. The van der Waals surface area contributed by atoms with Gasteiger partial charge in [-0.2, -0.15) is 4.52 Å². The first-order chi connectivity index (χ1) is 12.2. The van der Waals surface area contributed by atoms with Crippen LogP contribution in [0.5, 0.6) is 0 Å². The molecule has 0 spiro atoms. The van der Waals surface area contributed by atoms with E-state index >= 15 is 0 Å². The van der Waals surface area contributed by atoms with E-state index in [1.54, 1.807) is 16.8 Å². The largest absolute Gasteiger partial charge is 0.467 e. The summed E-state index contributed by atoms with van der Waals surface area (Å²) in [5, 5.41) is 8.80. The van der Waals surface area contributed by atoms with Crippen molar-refractivity contribution in [2.45, 2.75) is 18.6 Å². The number of amides is 1. The maximum Gasteiger partial charge on any atom is 0.230 e. The molecule has 0 saturated carbocycles. The minimum absolute atomic E-state index is 0.0960. The van der Waals surface area contributed by atoms with Crippen molar-refractivity contribution in [1.29, 1.82) is 0 Å². The van der Waals surface area contributed by atoms with Crippen molar-refractivity contribution < 1.29 is 9.21 Å². The molecule has 0 bridgehead atoms. The SMILES string of the molecule is Cc1nc2c3ccccc3nc(SCC(=O)NCc3ccco3)n2n1. The van der Waals surface area contributed by atoms with E-state index in [9.17, 15) is 4.79 Å². The molecular formula is C17H15N5O2S. The highest BCUT2D eigenvalue weighted by Gasteiger charge is 2.13. The Morgan fingerprint density at radius 1 is 1.24 bits per heavy atom. The monoisotopic (exact) mass is 353 g/mol. The topological polar surface area (TPSA) is 85.3 Å². The number of aryl methyl sites for hydroxylation is 1. The summed E-state index contributed by atoms with van der Waals surface area (Å²) in [7, 11) is 0. The molecule has 1 N–H and O–H groups in total. The minimum Gasteiger partial charge on any atom is -0.467 e. The van der Waals surface area contributed by atoms with E-state index in [1.165, 1.54) is 11.8 Å². The lowest BCUT2D eigenvalue weighted by Gasteiger charge is -2.06. The number of rotatable bonds is 5. The number of para-hydroxylation sites is 1. The number of carbonyl (C=O) groups is 1. The summed E-state index contributed by atoms with van der Waals surface area (Å²) in [5.74, 6) is 1.53. The van der Waals surface area contributed by atoms with Crippen LogP contribution in [0.15, 0.2) is 52.2 Å². The van der Waals surface area contributed by atoms with E-state index in [1.807, 2.05) is 37.3 Å². The third kappa shape index (κ3) is 3.20. The first-order valence-electron chi connectivity index (χ1n) is 7.75. The molecule has 0 aliphatic carbocycles. The normalized spacial score (nSPS) is 11.2. The highest BCUT2D eigenvalue weighted by molar-refractivity contribution is 7.99. The van der Waals surface area contributed by atoms with Crippen molar-refractivity contribution in [3.8, 4) is 0 Å². The molecular weight excluding hydrogens is 338 g/mol. The Labute approximate surface area is 147 Å². The van der Waals surface area contributed by atoms with Crippen molar-refractivity contribution in [2.24, 2.45) is 0 Å². The standard InChI is InChI=1S/C17H15N5O2S/c1-11-19-16-13-6-2-3-7-14(13)20-17(22(16)21-11)25-10-15(23)18-9-12-5-4-8-24-12/h2-8H,9-10H2,1H3,(H,18,23). The summed E-state index contributed by atoms with van der Waals surface area (Å²) in [6.45, 7) is 2.21. The summed E-state index contributed by atoms with van der Waals surface area (Å²) in [5.41, 5.74) is 1.59. The summed E-state index contributed by atoms with van der Waals surface area (Å²) in [4.78, 5) is 21.2. The Hall–Kier alpha value is -2.87. The number of benzene rings is 1. The Morgan fingerprint density at radius 2 is 2.12 bits per heavy atom. The molecule has 0 aliphatic heterocycles. The van der Waals surface area contributed by atoms with Crippen LogP contribution in [0.25, 0.3) is 16.6 Å². The van der Waals surface area contributed by atoms with Gasteiger partial charge >= 0.3 is 0 Å². The van der Waals surface area contributed by atoms with Gasteiger partial charge < -0.3 is 9.73 Å². The summed E-state index contributed by atoms with van der Waals surface area (Å²) >= 11 is 1.33. The van der Waals surface area contributed by atoms with Crippen LogP contribution in [0.4, 0.5) is 0 Å². The lowest BCUT2D eigenvalue weighted by atomic mass is 10.2. The fourth-order valence-electron chi connectivity index (χ4n) is 2.51. The van der Waals surface area contributed by atoms with Gasteiger partial charge in [-0.15, -0.1) is 5.10 Å². The maximum atomic E-state index is 12.1. The Balaban J connectivity index is 1.55. The van der Waals surface area contributed by atoms with E-state index in [4.69, 9.17) is 4.42 Å². The highest BCUT2D eigenvalue weighted by Crippen LogP contribution is 2.23. The van der Waals surface area contributed by atoms with E-state index in [2.05, 4.69) is 20.4 Å². The fraction of sp³-hybridized carbons (Fsp3) is 0.176. The number of nitrogens with one attached hydrogen (secondary N) is 1. The van der Waals surface area contributed by atoms with Crippen LogP contribution < -0.4 is 5.32 Å². The predicted molar refractivity (Wildman–Crippen MR) is 94.3 cm³/mol. The molecule has 8 heteroatoms. The second kappa shape index (κ2) is 6.56. The summed E-state index contributed by atoms with van der Waals surface area (Å²) < 4.78 is 6.90. The molecule has 1 amide bonds. The van der Waals surface area contributed by atoms with Crippen LogP contribution in [0.3, 0.4) is 0 Å². The van der Waals surface area contributed by atoms with Crippen LogP contribution in [0.1, 0.15) is 11.6 Å². The van der Waals surface area contributed by atoms with Gasteiger partial charge in [0.2, 0.25) is 5.91 Å². The van der Waals surface area contributed by atoms with Gasteiger partial charge in [0.05, 0.1) is 24.1 Å². The Morgan fingerprint density at radius 3 is 2.96 bits per heavy atom. The zero-order valence-corrected chi connectivity index (χ0v) is 14.3. The van der Waals surface area contributed by atoms with Crippen LogP contribution >= 0.6 is 11.8 Å². The number of fused-ring (bicyclic) bond motifs is 3. The van der Waals surface area contributed by atoms with Gasteiger partial charge in [-0.05, 0) is 31.2 Å². The molecule has 3 heterocycles. The van der Waals surface area contributed by atoms with Crippen molar-refractivity contribution >= 4 is 34.2 Å². The molecule has 0 fully saturated rings. The first kappa shape index (κ1) is 15.6. The second-order valence-corrected chi connectivity index (χ2v) is 6.39. The van der Waals surface area contributed by atoms with Crippen LogP contribution in [0, 0.1) is 6.92 Å². The summed E-state index contributed by atoms with van der Waals surface area (Å²) in [6.07, 6.45) is 1.58. The summed E-state index contributed by atoms with van der Waals surface area (Å²) in [6, 6.07) is 11.4. The first-order valence-corrected chi connectivity index (χ1v) is 8.73. The van der Waals surface area contributed by atoms with E-state index in [0.29, 0.717) is 17.5 Å². The van der Waals surface area contributed by atoms with E-state index in [-0.39, 0.29) is 11.7 Å². The number of hydrogen-bond acceptors (Lipinski definition) is 6. The van der Waals surface area contributed by atoms with Crippen molar-refractivity contribution in [2.75, 3.05) is 5.75 Å². The molecule has 3 aromatic heterocycles. The highest BCUT2D eigenvalue weighted by atomic mass is 32.2. The fourth-order valence-corrected chi connectivity index (χ4v) is 3.28. The lowest BCUT2D eigenvalue weighted by molar-refractivity contribution is -0.118. The van der Waals surface area contributed by atoms with Gasteiger partial charge in [-0.25, -0.2) is 9.97 Å². The number of carbonyl (C=O) groups excluding carboxylic acids is 1. The Kier molecular flexibility index (Phi) is 4.10. The zero-order chi connectivity index (χ0) is 17.2. The molecule has 4 aromatic rings. The minimum atomic E-state index is -0.0960. The quantitative estimate of drug-likeness (QED) is 0.438. The third-order valence-electron chi connectivity index (χ3n) is 3.63. The molecule has 0 unspecified atom stereocenters. The van der Waals surface area contributed by atoms with Gasteiger partial charge in [-0.1, -0.05) is 23.9 Å². The molecule has 0 saturated heterocycles. The van der Waals surface area contributed by atoms with E-state index < -0.39 is 0 Å². The van der Waals surface area contributed by atoms with Gasteiger partial charge in [0.1, 0.15) is 11.6 Å². The molecule has 7 nitrogen and oxygen atoms in total. The number of thioether (sulfide) groups is 1. The number of aromatic nitrogens is 4. The number of furan rings is 1. The van der Waals surface area contributed by atoms with Gasteiger partial charge in [0, 0.05) is 5.39 Å².